The molecule has 114 valence electrons. The Morgan fingerprint density at radius 2 is 2.18 bits per heavy atom. The van der Waals surface area contributed by atoms with Crippen LogP contribution in [0.2, 0.25) is 0 Å². The van der Waals surface area contributed by atoms with Crippen molar-refractivity contribution in [3.05, 3.63) is 41.0 Å². The van der Waals surface area contributed by atoms with Crippen LogP contribution in [0.3, 0.4) is 0 Å². The van der Waals surface area contributed by atoms with Gasteiger partial charge in [0, 0.05) is 26.0 Å². The summed E-state index contributed by atoms with van der Waals surface area (Å²) in [5, 5.41) is 8.70. The molecule has 0 aromatic carbocycles. The zero-order valence-electron chi connectivity index (χ0n) is 13.0. The second-order valence-corrected chi connectivity index (χ2v) is 5.37. The Labute approximate surface area is 127 Å². The molecule has 1 amide bonds. The van der Waals surface area contributed by atoms with Crippen LogP contribution in [0.15, 0.2) is 22.9 Å². The highest BCUT2D eigenvalue weighted by molar-refractivity contribution is 6.05. The zero-order chi connectivity index (χ0) is 15.9. The fourth-order valence-electron chi connectivity index (χ4n) is 2.46. The number of aryl methyl sites for hydroxylation is 3. The minimum Gasteiger partial charge on any atom is -0.336 e. The van der Waals surface area contributed by atoms with Gasteiger partial charge in [0.2, 0.25) is 0 Å². The van der Waals surface area contributed by atoms with E-state index in [4.69, 9.17) is 4.52 Å². The third kappa shape index (κ3) is 2.34. The third-order valence-corrected chi connectivity index (χ3v) is 3.64. The topological polar surface area (TPSA) is 77.0 Å². The van der Waals surface area contributed by atoms with E-state index in [1.165, 1.54) is 0 Å². The molecule has 3 rings (SSSR count). The molecule has 0 bridgehead atoms. The number of hydrogen-bond donors (Lipinski definition) is 0. The van der Waals surface area contributed by atoms with Gasteiger partial charge in [0.25, 0.3) is 11.6 Å². The molecule has 0 aliphatic carbocycles. The lowest BCUT2D eigenvalue weighted by molar-refractivity contribution is 0.0783. The molecule has 0 radical (unpaired) electrons. The Hall–Kier alpha value is -2.70. The summed E-state index contributed by atoms with van der Waals surface area (Å²) in [6, 6.07) is 3.66. The molecule has 0 unspecified atom stereocenters. The van der Waals surface area contributed by atoms with E-state index in [1.807, 2.05) is 20.0 Å². The molecule has 0 N–H and O–H groups in total. The summed E-state index contributed by atoms with van der Waals surface area (Å²) in [4.78, 5) is 18.7. The molecule has 0 spiro atoms. The van der Waals surface area contributed by atoms with Gasteiger partial charge >= 0.3 is 0 Å². The normalized spacial score (nSPS) is 11.1. The number of rotatable bonds is 3. The van der Waals surface area contributed by atoms with E-state index in [0.717, 1.165) is 11.4 Å². The molecule has 3 aromatic heterocycles. The molecule has 0 atom stereocenters. The van der Waals surface area contributed by atoms with Crippen LogP contribution in [0.1, 0.15) is 27.4 Å². The molecule has 22 heavy (non-hydrogen) atoms. The lowest BCUT2D eigenvalue weighted by Gasteiger charge is -2.18. The van der Waals surface area contributed by atoms with Crippen LogP contribution in [-0.4, -0.2) is 37.8 Å². The minimum atomic E-state index is -0.0944. The molecule has 0 fully saturated rings. The van der Waals surface area contributed by atoms with Crippen LogP contribution in [-0.2, 0) is 13.6 Å². The first-order valence-electron chi connectivity index (χ1n) is 6.93. The van der Waals surface area contributed by atoms with Crippen LogP contribution in [0.4, 0.5) is 0 Å². The number of aromatic nitrogens is 4. The molecule has 0 saturated heterocycles. The van der Waals surface area contributed by atoms with Crippen molar-refractivity contribution in [2.45, 2.75) is 20.4 Å². The summed E-state index contributed by atoms with van der Waals surface area (Å²) in [5.41, 5.74) is 3.31. The van der Waals surface area contributed by atoms with Crippen LogP contribution in [0, 0.1) is 13.8 Å². The molecule has 7 heteroatoms. The van der Waals surface area contributed by atoms with Crippen molar-refractivity contribution in [1.29, 1.82) is 0 Å². The predicted molar refractivity (Wildman–Crippen MR) is 80.3 cm³/mol. The van der Waals surface area contributed by atoms with Crippen molar-refractivity contribution in [1.82, 2.24) is 24.8 Å². The maximum absolute atomic E-state index is 12.8. The summed E-state index contributed by atoms with van der Waals surface area (Å²) >= 11 is 0. The maximum atomic E-state index is 12.8. The summed E-state index contributed by atoms with van der Waals surface area (Å²) in [5.74, 6) is -0.0944. The van der Waals surface area contributed by atoms with Crippen molar-refractivity contribution >= 4 is 17.0 Å². The highest BCUT2D eigenvalue weighted by atomic mass is 16.5. The highest BCUT2D eigenvalue weighted by Gasteiger charge is 2.21. The minimum absolute atomic E-state index is 0.0944. The number of nitrogens with zero attached hydrogens (tertiary/aromatic N) is 5. The lowest BCUT2D eigenvalue weighted by atomic mass is 10.1. The van der Waals surface area contributed by atoms with E-state index in [-0.39, 0.29) is 5.91 Å². The molecule has 0 aliphatic heterocycles. The maximum Gasteiger partial charge on any atom is 0.258 e. The van der Waals surface area contributed by atoms with Gasteiger partial charge in [-0.15, -0.1) is 0 Å². The fourth-order valence-corrected chi connectivity index (χ4v) is 2.46. The first kappa shape index (κ1) is 14.2. The molecule has 3 aromatic rings. The van der Waals surface area contributed by atoms with E-state index >= 15 is 0 Å². The average molecular weight is 299 g/mol. The Morgan fingerprint density at radius 3 is 2.86 bits per heavy atom. The molecule has 0 aliphatic rings. The van der Waals surface area contributed by atoms with Gasteiger partial charge in [0.15, 0.2) is 0 Å². The summed E-state index contributed by atoms with van der Waals surface area (Å²) in [7, 11) is 3.62. The molecule has 3 heterocycles. The molecular formula is C15H17N5O2. The van der Waals surface area contributed by atoms with Crippen molar-refractivity contribution in [3.63, 3.8) is 0 Å². The van der Waals surface area contributed by atoms with E-state index in [0.29, 0.717) is 28.9 Å². The lowest BCUT2D eigenvalue weighted by Crippen LogP contribution is -2.27. The quantitative estimate of drug-likeness (QED) is 0.737. The Kier molecular flexibility index (Phi) is 3.40. The number of carbonyl (C=O) groups is 1. The first-order valence-corrected chi connectivity index (χ1v) is 6.93. The number of hydrogen-bond acceptors (Lipinski definition) is 5. The van der Waals surface area contributed by atoms with Gasteiger partial charge in [0.05, 0.1) is 28.9 Å². The summed E-state index contributed by atoms with van der Waals surface area (Å²) in [6.45, 7) is 4.11. The van der Waals surface area contributed by atoms with Crippen LogP contribution in [0.25, 0.3) is 11.1 Å². The Morgan fingerprint density at radius 1 is 1.41 bits per heavy atom. The second-order valence-electron chi connectivity index (χ2n) is 5.37. The van der Waals surface area contributed by atoms with E-state index in [9.17, 15) is 4.79 Å². The van der Waals surface area contributed by atoms with Gasteiger partial charge in [-0.25, -0.2) is 4.98 Å². The second kappa shape index (κ2) is 5.25. The number of carbonyl (C=O) groups excluding carboxylic acids is 1. The summed E-state index contributed by atoms with van der Waals surface area (Å²) < 4.78 is 6.93. The van der Waals surface area contributed by atoms with Crippen LogP contribution >= 0.6 is 0 Å². The highest BCUT2D eigenvalue weighted by Crippen LogP contribution is 2.23. The van der Waals surface area contributed by atoms with Crippen molar-refractivity contribution in [3.8, 4) is 0 Å². The fraction of sp³-hybridized carbons (Fsp3) is 0.333. The van der Waals surface area contributed by atoms with Gasteiger partial charge in [-0.2, -0.15) is 5.10 Å². The number of pyridine rings is 1. The predicted octanol–water partition coefficient (Wildman–Crippen LogP) is 1.85. The van der Waals surface area contributed by atoms with E-state index < -0.39 is 0 Å². The SMILES string of the molecule is Cc1cc(C(=O)N(C)Cc2ccnn2C)c2c(C)noc2n1. The van der Waals surface area contributed by atoms with Crippen LogP contribution in [0.5, 0.6) is 0 Å². The smallest absolute Gasteiger partial charge is 0.258 e. The Bertz CT molecular complexity index is 849. The van der Waals surface area contributed by atoms with Gasteiger partial charge in [0.1, 0.15) is 0 Å². The first-order chi connectivity index (χ1) is 10.5. The number of amides is 1. The van der Waals surface area contributed by atoms with Crippen LogP contribution < -0.4 is 0 Å². The van der Waals surface area contributed by atoms with Crippen molar-refractivity contribution < 1.29 is 9.32 Å². The average Bonchev–Trinajstić information content (AvgIpc) is 3.04. The zero-order valence-corrected chi connectivity index (χ0v) is 13.0. The third-order valence-electron chi connectivity index (χ3n) is 3.64. The number of fused-ring (bicyclic) bond motifs is 1. The van der Waals surface area contributed by atoms with Gasteiger partial charge < -0.3 is 9.42 Å². The van der Waals surface area contributed by atoms with Crippen molar-refractivity contribution in [2.75, 3.05) is 7.05 Å². The van der Waals surface area contributed by atoms with Gasteiger partial charge in [-0.1, -0.05) is 5.16 Å². The monoisotopic (exact) mass is 299 g/mol. The van der Waals surface area contributed by atoms with Gasteiger partial charge in [-0.05, 0) is 26.0 Å². The van der Waals surface area contributed by atoms with E-state index in [2.05, 4.69) is 15.2 Å². The van der Waals surface area contributed by atoms with Gasteiger partial charge in [-0.3, -0.25) is 9.48 Å². The standard InChI is InChI=1S/C15H17N5O2/c1-9-7-12(13-10(2)18-22-14(13)17-9)15(21)19(3)8-11-5-6-16-20(11)4/h5-7H,8H2,1-4H3. The molecular weight excluding hydrogens is 282 g/mol. The largest absolute Gasteiger partial charge is 0.336 e. The van der Waals surface area contributed by atoms with Crippen molar-refractivity contribution in [2.24, 2.45) is 7.05 Å². The molecule has 0 saturated carbocycles. The van der Waals surface area contributed by atoms with E-state index in [1.54, 1.807) is 35.8 Å². The Balaban J connectivity index is 1.98. The summed E-state index contributed by atoms with van der Waals surface area (Å²) in [6.07, 6.45) is 1.71. The molecule has 7 nitrogen and oxygen atoms in total.